The summed E-state index contributed by atoms with van der Waals surface area (Å²) in [6.07, 6.45) is 3.68. The first-order chi connectivity index (χ1) is 17.2. The molecule has 1 aromatic heterocycles. The predicted octanol–water partition coefficient (Wildman–Crippen LogP) is 6.95. The molecule has 3 aromatic carbocycles. The number of anilines is 2. The topological polar surface area (TPSA) is 45.2 Å². The molecule has 1 amide bonds. The Bertz CT molecular complexity index is 1420. The monoisotopic (exact) mass is 487 g/mol. The van der Waals surface area contributed by atoms with Gasteiger partial charge < -0.3 is 10.2 Å². The van der Waals surface area contributed by atoms with Crippen LogP contribution in [0, 0.1) is 0 Å². The van der Waals surface area contributed by atoms with Gasteiger partial charge in [0.05, 0.1) is 5.56 Å². The van der Waals surface area contributed by atoms with E-state index in [9.17, 15) is 18.0 Å². The molecule has 36 heavy (non-hydrogen) atoms. The van der Waals surface area contributed by atoms with Gasteiger partial charge in [-0.2, -0.15) is 13.2 Å². The highest BCUT2D eigenvalue weighted by molar-refractivity contribution is 6.06. The van der Waals surface area contributed by atoms with Crippen molar-refractivity contribution in [3.63, 3.8) is 0 Å². The first-order valence-electron chi connectivity index (χ1n) is 11.2. The normalized spacial score (nSPS) is 12.2. The van der Waals surface area contributed by atoms with Gasteiger partial charge in [0, 0.05) is 54.7 Å². The molecule has 0 saturated carbocycles. The van der Waals surface area contributed by atoms with E-state index in [1.807, 2.05) is 67.5 Å². The zero-order valence-corrected chi connectivity index (χ0v) is 19.8. The molecule has 1 heterocycles. The molecule has 0 aliphatic heterocycles. The second kappa shape index (κ2) is 10.5. The minimum absolute atomic E-state index is 0.328. The fourth-order valence-electron chi connectivity index (χ4n) is 3.77. The number of nitrogens with zero attached hydrogens (tertiary/aromatic N) is 2. The highest BCUT2D eigenvalue weighted by Gasteiger charge is 2.30. The average Bonchev–Trinajstić information content (AvgIpc) is 2.86. The number of halogens is 3. The van der Waals surface area contributed by atoms with Crippen LogP contribution < -0.4 is 10.2 Å². The summed E-state index contributed by atoms with van der Waals surface area (Å²) in [5, 5.41) is 4.65. The van der Waals surface area contributed by atoms with Crippen LogP contribution in [0.15, 0.2) is 103 Å². The van der Waals surface area contributed by atoms with Crippen molar-refractivity contribution < 1.29 is 18.0 Å². The largest absolute Gasteiger partial charge is 0.416 e. The summed E-state index contributed by atoms with van der Waals surface area (Å²) in [7, 11) is 3.85. The van der Waals surface area contributed by atoms with E-state index in [0.717, 1.165) is 34.2 Å². The molecule has 0 spiro atoms. The number of carbonyl (C=O) groups excluding carboxylic acids is 1. The first-order valence-corrected chi connectivity index (χ1v) is 11.2. The fourth-order valence-corrected chi connectivity index (χ4v) is 3.77. The van der Waals surface area contributed by atoms with Crippen molar-refractivity contribution in [2.24, 2.45) is 0 Å². The van der Waals surface area contributed by atoms with Crippen LogP contribution in [0.4, 0.5) is 24.5 Å². The lowest BCUT2D eigenvalue weighted by atomic mass is 9.96. The van der Waals surface area contributed by atoms with Gasteiger partial charge in [-0.05, 0) is 53.1 Å². The molecular weight excluding hydrogens is 463 g/mol. The molecule has 0 radical (unpaired) electrons. The van der Waals surface area contributed by atoms with Crippen LogP contribution in [0.5, 0.6) is 0 Å². The van der Waals surface area contributed by atoms with Crippen molar-refractivity contribution >= 4 is 33.6 Å². The number of allylic oxidation sites excluding steroid dienone is 2. The van der Waals surface area contributed by atoms with Crippen molar-refractivity contribution in [1.82, 2.24) is 4.98 Å². The van der Waals surface area contributed by atoms with Gasteiger partial charge in [-0.1, -0.05) is 48.6 Å². The molecule has 7 heteroatoms. The van der Waals surface area contributed by atoms with E-state index in [2.05, 4.69) is 10.3 Å². The van der Waals surface area contributed by atoms with Crippen LogP contribution in [0.2, 0.25) is 0 Å². The van der Waals surface area contributed by atoms with Gasteiger partial charge in [0.15, 0.2) is 0 Å². The Morgan fingerprint density at radius 2 is 1.58 bits per heavy atom. The van der Waals surface area contributed by atoms with Crippen molar-refractivity contribution in [1.29, 1.82) is 0 Å². The third kappa shape index (κ3) is 5.81. The number of alkyl halides is 3. The summed E-state index contributed by atoms with van der Waals surface area (Å²) in [6.45, 7) is 0. The molecule has 0 unspecified atom stereocenters. The van der Waals surface area contributed by atoms with E-state index in [-0.39, 0.29) is 5.91 Å². The third-order valence-corrected chi connectivity index (χ3v) is 5.67. The van der Waals surface area contributed by atoms with Crippen LogP contribution in [0.1, 0.15) is 16.7 Å². The van der Waals surface area contributed by atoms with E-state index >= 15 is 0 Å². The van der Waals surface area contributed by atoms with Crippen molar-refractivity contribution in [2.45, 2.75) is 6.18 Å². The molecule has 0 saturated heterocycles. The Morgan fingerprint density at radius 3 is 2.22 bits per heavy atom. The molecule has 182 valence electrons. The molecule has 4 nitrogen and oxygen atoms in total. The van der Waals surface area contributed by atoms with Gasteiger partial charge >= 0.3 is 6.18 Å². The second-order valence-electron chi connectivity index (χ2n) is 8.35. The Morgan fingerprint density at radius 1 is 0.917 bits per heavy atom. The predicted molar refractivity (Wildman–Crippen MR) is 139 cm³/mol. The minimum Gasteiger partial charge on any atom is -0.378 e. The molecule has 0 bridgehead atoms. The Kier molecular flexibility index (Phi) is 7.20. The third-order valence-electron chi connectivity index (χ3n) is 5.67. The lowest BCUT2D eigenvalue weighted by Gasteiger charge is -2.14. The molecule has 1 N–H and O–H groups in total. The number of rotatable bonds is 6. The number of fused-ring (bicyclic) bond motifs is 1. The van der Waals surface area contributed by atoms with Gasteiger partial charge in [-0.3, -0.25) is 9.78 Å². The summed E-state index contributed by atoms with van der Waals surface area (Å²) < 4.78 is 39.2. The standard InChI is InChI=1S/C29H24F3N3O/c1-35(2)24-15-11-21(12-16-24)25(20-9-13-23(14-10-20)29(30,31)32)6-4-8-28(36)34-27-7-3-5-22-19-33-18-17-26(22)27/h3-19H,1-2H3,(H,34,36). The van der Waals surface area contributed by atoms with Crippen LogP contribution in [0.25, 0.3) is 16.3 Å². The summed E-state index contributed by atoms with van der Waals surface area (Å²) in [6, 6.07) is 20.0. The number of aromatic nitrogens is 1. The molecular formula is C29H24F3N3O. The lowest BCUT2D eigenvalue weighted by molar-refractivity contribution is -0.137. The van der Waals surface area contributed by atoms with Crippen molar-refractivity contribution in [2.75, 3.05) is 24.3 Å². The van der Waals surface area contributed by atoms with Crippen molar-refractivity contribution in [3.05, 3.63) is 120 Å². The number of nitrogens with one attached hydrogen (secondary N) is 1. The number of benzene rings is 3. The fraction of sp³-hybridized carbons (Fsp3) is 0.103. The summed E-state index contributed by atoms with van der Waals surface area (Å²) in [5.74, 6) is -0.328. The lowest BCUT2D eigenvalue weighted by Crippen LogP contribution is -2.08. The van der Waals surface area contributed by atoms with Crippen molar-refractivity contribution in [3.8, 4) is 0 Å². The van der Waals surface area contributed by atoms with Gasteiger partial charge in [-0.25, -0.2) is 0 Å². The minimum atomic E-state index is -4.41. The smallest absolute Gasteiger partial charge is 0.378 e. The molecule has 4 rings (SSSR count). The molecule has 0 aliphatic carbocycles. The highest BCUT2D eigenvalue weighted by Crippen LogP contribution is 2.32. The molecule has 0 atom stereocenters. The van der Waals surface area contributed by atoms with E-state index in [1.165, 1.54) is 18.2 Å². The van der Waals surface area contributed by atoms with Gasteiger partial charge in [0.2, 0.25) is 5.91 Å². The number of hydrogen-bond donors (Lipinski definition) is 1. The van der Waals surface area contributed by atoms with E-state index in [1.54, 1.807) is 24.5 Å². The van der Waals surface area contributed by atoms with Gasteiger partial charge in [-0.15, -0.1) is 0 Å². The number of pyridine rings is 1. The Labute approximate surface area is 207 Å². The zero-order valence-electron chi connectivity index (χ0n) is 19.8. The number of carbonyl (C=O) groups is 1. The summed E-state index contributed by atoms with van der Waals surface area (Å²) in [4.78, 5) is 18.7. The SMILES string of the molecule is CN(C)c1ccc(C(=CC=CC(=O)Nc2cccc3cnccc23)c2ccc(C(F)(F)F)cc2)cc1. The molecule has 0 fully saturated rings. The Balaban J connectivity index is 1.62. The van der Waals surface area contributed by atoms with Crippen LogP contribution >= 0.6 is 0 Å². The number of hydrogen-bond acceptors (Lipinski definition) is 3. The quantitative estimate of drug-likeness (QED) is 0.237. The first kappa shape index (κ1) is 24.7. The zero-order chi connectivity index (χ0) is 25.7. The molecule has 0 aliphatic rings. The van der Waals surface area contributed by atoms with Crippen LogP contribution in [-0.4, -0.2) is 25.0 Å². The van der Waals surface area contributed by atoms with Gasteiger partial charge in [0.1, 0.15) is 0 Å². The van der Waals surface area contributed by atoms with Gasteiger partial charge in [0.25, 0.3) is 0 Å². The van der Waals surface area contributed by atoms with Crippen LogP contribution in [0.3, 0.4) is 0 Å². The summed E-state index contributed by atoms with van der Waals surface area (Å²) in [5.41, 5.74) is 3.05. The molecule has 4 aromatic rings. The van der Waals surface area contributed by atoms with E-state index in [0.29, 0.717) is 16.8 Å². The summed E-state index contributed by atoms with van der Waals surface area (Å²) >= 11 is 0. The maximum Gasteiger partial charge on any atom is 0.416 e. The van der Waals surface area contributed by atoms with E-state index < -0.39 is 11.7 Å². The van der Waals surface area contributed by atoms with Crippen LogP contribution in [-0.2, 0) is 11.0 Å². The maximum atomic E-state index is 13.1. The van der Waals surface area contributed by atoms with E-state index in [4.69, 9.17) is 0 Å². The highest BCUT2D eigenvalue weighted by atomic mass is 19.4. The maximum absolute atomic E-state index is 13.1. The second-order valence-corrected chi connectivity index (χ2v) is 8.35. The number of amides is 1. The average molecular weight is 488 g/mol. The Hall–Kier alpha value is -4.39.